The molecule has 0 radical (unpaired) electrons. The molecule has 0 atom stereocenters. The number of nitrogens with one attached hydrogen (secondary N) is 1. The Balaban J connectivity index is 1.56. The highest BCUT2D eigenvalue weighted by Gasteiger charge is 2.15. The van der Waals surface area contributed by atoms with E-state index in [-0.39, 0.29) is 12.3 Å². The van der Waals surface area contributed by atoms with Crippen molar-refractivity contribution in [2.75, 3.05) is 12.4 Å². The summed E-state index contributed by atoms with van der Waals surface area (Å²) in [6.45, 7) is 3.85. The number of methoxy groups -OCH3 is 1. The van der Waals surface area contributed by atoms with Crippen LogP contribution in [0.25, 0.3) is 21.9 Å². The fraction of sp³-hybridized carbons (Fsp3) is 0.217. The van der Waals surface area contributed by atoms with Crippen molar-refractivity contribution in [1.82, 2.24) is 0 Å². The maximum absolute atomic E-state index is 12.5. The van der Waals surface area contributed by atoms with Crippen molar-refractivity contribution in [1.29, 1.82) is 0 Å². The van der Waals surface area contributed by atoms with Gasteiger partial charge in [-0.15, -0.1) is 0 Å². The average molecular weight is 391 g/mol. The Hall–Kier alpha value is -3.54. The van der Waals surface area contributed by atoms with Crippen LogP contribution in [0.1, 0.15) is 23.1 Å². The second kappa shape index (κ2) is 7.47. The molecule has 0 aliphatic carbocycles. The van der Waals surface area contributed by atoms with Gasteiger partial charge in [-0.3, -0.25) is 4.79 Å². The minimum atomic E-state index is -0.421. The predicted octanol–water partition coefficient (Wildman–Crippen LogP) is 4.74. The molecule has 1 amide bonds. The summed E-state index contributed by atoms with van der Waals surface area (Å²) in [5.41, 5.74) is 3.79. The minimum absolute atomic E-state index is 0.171. The zero-order chi connectivity index (χ0) is 20.5. The number of hydrogen-bond donors (Lipinski definition) is 1. The molecule has 2 aromatic heterocycles. The average Bonchev–Trinajstić information content (AvgIpc) is 3.07. The van der Waals surface area contributed by atoms with Gasteiger partial charge in [-0.1, -0.05) is 0 Å². The lowest BCUT2D eigenvalue weighted by Crippen LogP contribution is -2.16. The Morgan fingerprint density at radius 3 is 2.55 bits per heavy atom. The van der Waals surface area contributed by atoms with E-state index in [1.165, 1.54) is 0 Å². The SMILES string of the molecule is COc1ccc(NC(=O)CCc2c(C)c3cc4c(C)coc4cc3oc2=O)cc1. The van der Waals surface area contributed by atoms with Crippen LogP contribution in [0.15, 0.2) is 56.3 Å². The Morgan fingerprint density at radius 1 is 1.07 bits per heavy atom. The fourth-order valence-electron chi connectivity index (χ4n) is 3.46. The molecule has 0 aliphatic heterocycles. The van der Waals surface area contributed by atoms with Crippen molar-refractivity contribution in [3.63, 3.8) is 0 Å². The summed E-state index contributed by atoms with van der Waals surface area (Å²) in [6.07, 6.45) is 2.16. The van der Waals surface area contributed by atoms with Crippen LogP contribution >= 0.6 is 0 Å². The first kappa shape index (κ1) is 18.8. The quantitative estimate of drug-likeness (QED) is 0.497. The van der Waals surface area contributed by atoms with Crippen LogP contribution in [-0.2, 0) is 11.2 Å². The van der Waals surface area contributed by atoms with Gasteiger partial charge in [-0.2, -0.15) is 0 Å². The number of furan rings is 1. The molecule has 0 saturated heterocycles. The Morgan fingerprint density at radius 2 is 1.83 bits per heavy atom. The van der Waals surface area contributed by atoms with Crippen LogP contribution in [-0.4, -0.2) is 13.0 Å². The van der Waals surface area contributed by atoms with Gasteiger partial charge in [-0.05, 0) is 61.7 Å². The van der Waals surface area contributed by atoms with E-state index in [1.54, 1.807) is 43.7 Å². The Labute approximate surface area is 167 Å². The lowest BCUT2D eigenvalue weighted by atomic mass is 10.0. The summed E-state index contributed by atoms with van der Waals surface area (Å²) in [5.74, 6) is 0.546. The number of carbonyl (C=O) groups excluding carboxylic acids is 1. The smallest absolute Gasteiger partial charge is 0.339 e. The first-order chi connectivity index (χ1) is 14.0. The van der Waals surface area contributed by atoms with Crippen molar-refractivity contribution >= 4 is 33.5 Å². The second-order valence-corrected chi connectivity index (χ2v) is 7.03. The number of fused-ring (bicyclic) bond motifs is 2. The highest BCUT2D eigenvalue weighted by Crippen LogP contribution is 2.29. The summed E-state index contributed by atoms with van der Waals surface area (Å²) in [6, 6.07) is 10.8. The van der Waals surface area contributed by atoms with Gasteiger partial charge in [0, 0.05) is 34.5 Å². The molecule has 6 heteroatoms. The van der Waals surface area contributed by atoms with Crippen molar-refractivity contribution in [2.24, 2.45) is 0 Å². The number of carbonyl (C=O) groups is 1. The molecule has 6 nitrogen and oxygen atoms in total. The zero-order valence-corrected chi connectivity index (χ0v) is 16.5. The van der Waals surface area contributed by atoms with Gasteiger partial charge in [0.25, 0.3) is 0 Å². The van der Waals surface area contributed by atoms with Gasteiger partial charge in [0.05, 0.1) is 13.4 Å². The molecule has 0 spiro atoms. The number of rotatable bonds is 5. The third-order valence-electron chi connectivity index (χ3n) is 5.15. The maximum atomic E-state index is 12.5. The monoisotopic (exact) mass is 391 g/mol. The summed E-state index contributed by atoms with van der Waals surface area (Å²) in [5, 5.41) is 4.67. The number of anilines is 1. The third kappa shape index (κ3) is 3.61. The van der Waals surface area contributed by atoms with Crippen molar-refractivity contribution in [2.45, 2.75) is 26.7 Å². The van der Waals surface area contributed by atoms with E-state index in [0.717, 1.165) is 27.6 Å². The molecule has 4 rings (SSSR count). The number of benzene rings is 2. The largest absolute Gasteiger partial charge is 0.497 e. The molecule has 2 aromatic carbocycles. The van der Waals surface area contributed by atoms with Crippen LogP contribution in [0, 0.1) is 13.8 Å². The van der Waals surface area contributed by atoms with E-state index >= 15 is 0 Å². The lowest BCUT2D eigenvalue weighted by Gasteiger charge is -2.09. The minimum Gasteiger partial charge on any atom is -0.497 e. The van der Waals surface area contributed by atoms with E-state index in [9.17, 15) is 9.59 Å². The van der Waals surface area contributed by atoms with E-state index in [0.29, 0.717) is 28.8 Å². The molecule has 29 heavy (non-hydrogen) atoms. The summed E-state index contributed by atoms with van der Waals surface area (Å²) in [7, 11) is 1.59. The highest BCUT2D eigenvalue weighted by atomic mass is 16.5. The standard InChI is InChI=1S/C23H21NO5/c1-13-12-28-20-11-21-19(10-18(13)20)14(2)17(23(26)29-21)8-9-22(25)24-15-4-6-16(27-3)7-5-15/h4-7,10-12H,8-9H2,1-3H3,(H,24,25). The van der Waals surface area contributed by atoms with Crippen LogP contribution in [0.4, 0.5) is 5.69 Å². The van der Waals surface area contributed by atoms with Gasteiger partial charge in [0.2, 0.25) is 5.91 Å². The molecule has 2 heterocycles. The first-order valence-corrected chi connectivity index (χ1v) is 9.34. The maximum Gasteiger partial charge on any atom is 0.339 e. The van der Waals surface area contributed by atoms with Crippen molar-refractivity contribution in [3.05, 3.63) is 69.8 Å². The number of amides is 1. The molecule has 0 aliphatic rings. The normalized spacial score (nSPS) is 11.1. The lowest BCUT2D eigenvalue weighted by molar-refractivity contribution is -0.116. The fourth-order valence-corrected chi connectivity index (χ4v) is 3.46. The van der Waals surface area contributed by atoms with Crippen molar-refractivity contribution < 1.29 is 18.4 Å². The van der Waals surface area contributed by atoms with Gasteiger partial charge in [0.15, 0.2) is 0 Å². The molecule has 0 fully saturated rings. The molecular formula is C23H21NO5. The van der Waals surface area contributed by atoms with E-state index < -0.39 is 5.63 Å². The molecule has 0 bridgehead atoms. The Kier molecular flexibility index (Phi) is 4.84. The molecule has 4 aromatic rings. The van der Waals surface area contributed by atoms with Gasteiger partial charge < -0.3 is 18.9 Å². The number of aryl methyl sites for hydroxylation is 2. The second-order valence-electron chi connectivity index (χ2n) is 7.03. The summed E-state index contributed by atoms with van der Waals surface area (Å²) < 4.78 is 16.1. The number of hydrogen-bond acceptors (Lipinski definition) is 5. The van der Waals surface area contributed by atoms with Gasteiger partial charge >= 0.3 is 5.63 Å². The van der Waals surface area contributed by atoms with Crippen molar-refractivity contribution in [3.8, 4) is 5.75 Å². The van der Waals surface area contributed by atoms with E-state index in [2.05, 4.69) is 5.32 Å². The van der Waals surface area contributed by atoms with E-state index in [1.807, 2.05) is 19.9 Å². The van der Waals surface area contributed by atoms with Crippen LogP contribution in [0.5, 0.6) is 5.75 Å². The molecule has 0 unspecified atom stereocenters. The summed E-state index contributed by atoms with van der Waals surface area (Å²) >= 11 is 0. The topological polar surface area (TPSA) is 81.7 Å². The predicted molar refractivity (Wildman–Crippen MR) is 112 cm³/mol. The van der Waals surface area contributed by atoms with E-state index in [4.69, 9.17) is 13.6 Å². The Bertz CT molecular complexity index is 1260. The van der Waals surface area contributed by atoms with Crippen LogP contribution in [0.2, 0.25) is 0 Å². The third-order valence-corrected chi connectivity index (χ3v) is 5.15. The highest BCUT2D eigenvalue weighted by molar-refractivity contribution is 5.96. The zero-order valence-electron chi connectivity index (χ0n) is 16.5. The van der Waals surface area contributed by atoms with Crippen LogP contribution < -0.4 is 15.7 Å². The molecule has 0 saturated carbocycles. The van der Waals surface area contributed by atoms with Crippen LogP contribution in [0.3, 0.4) is 0 Å². The molecular weight excluding hydrogens is 370 g/mol. The molecule has 1 N–H and O–H groups in total. The van der Waals surface area contributed by atoms with Gasteiger partial charge in [0.1, 0.15) is 16.9 Å². The van der Waals surface area contributed by atoms with Gasteiger partial charge in [-0.25, -0.2) is 4.79 Å². The number of ether oxygens (including phenoxy) is 1. The summed E-state index contributed by atoms with van der Waals surface area (Å²) in [4.78, 5) is 24.8. The molecule has 148 valence electrons. The first-order valence-electron chi connectivity index (χ1n) is 9.34.